The van der Waals surface area contributed by atoms with Crippen molar-refractivity contribution in [1.82, 2.24) is 15.2 Å². The molecule has 3 aromatic rings. The summed E-state index contributed by atoms with van der Waals surface area (Å²) in [6.45, 7) is 3.50. The van der Waals surface area contributed by atoms with E-state index in [1.54, 1.807) is 51.4 Å². The largest absolute Gasteiger partial charge is 0.469 e. The quantitative estimate of drug-likeness (QED) is 0.536. The van der Waals surface area contributed by atoms with E-state index in [1.165, 1.54) is 10.9 Å². The Hall–Kier alpha value is -3.68. The van der Waals surface area contributed by atoms with Gasteiger partial charge in [0.25, 0.3) is 11.8 Å². The van der Waals surface area contributed by atoms with Gasteiger partial charge in [0.1, 0.15) is 11.5 Å². The van der Waals surface area contributed by atoms with Gasteiger partial charge in [-0.25, -0.2) is 5.43 Å². The van der Waals surface area contributed by atoms with Gasteiger partial charge >= 0.3 is 0 Å². The Morgan fingerprint density at radius 3 is 2.44 bits per heavy atom. The third-order valence-corrected chi connectivity index (χ3v) is 4.04. The molecule has 2 amide bonds. The van der Waals surface area contributed by atoms with E-state index in [1.807, 2.05) is 12.1 Å². The van der Waals surface area contributed by atoms with Crippen LogP contribution in [0.2, 0.25) is 0 Å². The molecule has 0 saturated carbocycles. The number of nitrogens with zero attached hydrogens (tertiary/aromatic N) is 3. The minimum absolute atomic E-state index is 0.240. The minimum atomic E-state index is -0.333. The minimum Gasteiger partial charge on any atom is -0.469 e. The first-order valence-electron chi connectivity index (χ1n) is 8.24. The Balaban J connectivity index is 1.64. The molecule has 0 fully saturated rings. The molecule has 3 rings (SSSR count). The molecular weight excluding hydrogens is 346 g/mol. The molecule has 138 valence electrons. The topological polar surface area (TPSA) is 102 Å². The summed E-state index contributed by atoms with van der Waals surface area (Å²) in [5, 5.41) is 10.9. The molecule has 0 bridgehead atoms. The summed E-state index contributed by atoms with van der Waals surface area (Å²) >= 11 is 0. The highest BCUT2D eigenvalue weighted by molar-refractivity contribution is 6.04. The Morgan fingerprint density at radius 1 is 1.11 bits per heavy atom. The van der Waals surface area contributed by atoms with E-state index < -0.39 is 0 Å². The van der Waals surface area contributed by atoms with Crippen LogP contribution in [0.3, 0.4) is 0 Å². The van der Waals surface area contributed by atoms with Crippen LogP contribution in [0.5, 0.6) is 0 Å². The number of aromatic nitrogens is 2. The first kappa shape index (κ1) is 18.1. The number of carbonyl (C=O) groups excluding carboxylic acids is 2. The van der Waals surface area contributed by atoms with Crippen molar-refractivity contribution in [3.63, 3.8) is 0 Å². The Morgan fingerprint density at radius 2 is 1.85 bits per heavy atom. The van der Waals surface area contributed by atoms with E-state index in [0.29, 0.717) is 28.4 Å². The van der Waals surface area contributed by atoms with E-state index in [9.17, 15) is 9.59 Å². The molecule has 0 aliphatic heterocycles. The van der Waals surface area contributed by atoms with Crippen LogP contribution in [-0.2, 0) is 7.05 Å². The highest BCUT2D eigenvalue weighted by atomic mass is 16.3. The zero-order chi connectivity index (χ0) is 19.4. The second kappa shape index (κ2) is 7.69. The number of carbonyl (C=O) groups is 2. The zero-order valence-electron chi connectivity index (χ0n) is 15.2. The molecule has 0 spiro atoms. The molecular formula is C19H19N5O3. The second-order valence-corrected chi connectivity index (χ2v) is 5.90. The van der Waals surface area contributed by atoms with Gasteiger partial charge in [0.05, 0.1) is 17.5 Å². The van der Waals surface area contributed by atoms with Gasteiger partial charge in [0.15, 0.2) is 0 Å². The summed E-state index contributed by atoms with van der Waals surface area (Å²) in [5.74, 6) is -0.0367. The number of furan rings is 1. The summed E-state index contributed by atoms with van der Waals surface area (Å²) in [6, 6.07) is 10.4. The number of hydrogen-bond acceptors (Lipinski definition) is 5. The maximum absolute atomic E-state index is 12.2. The highest BCUT2D eigenvalue weighted by Crippen LogP contribution is 2.12. The number of aryl methyl sites for hydroxylation is 2. The fraction of sp³-hybridized carbons (Fsp3) is 0.158. The number of benzene rings is 1. The first-order chi connectivity index (χ1) is 13.0. The summed E-state index contributed by atoms with van der Waals surface area (Å²) in [4.78, 5) is 24.2. The summed E-state index contributed by atoms with van der Waals surface area (Å²) in [5.41, 5.74) is 5.52. The van der Waals surface area contributed by atoms with Crippen molar-refractivity contribution in [3.05, 3.63) is 71.4 Å². The average molecular weight is 365 g/mol. The zero-order valence-corrected chi connectivity index (χ0v) is 15.2. The molecule has 2 N–H and O–H groups in total. The molecule has 2 heterocycles. The molecule has 0 atom stereocenters. The monoisotopic (exact) mass is 365 g/mol. The average Bonchev–Trinajstić information content (AvgIpc) is 3.28. The van der Waals surface area contributed by atoms with Gasteiger partial charge < -0.3 is 9.73 Å². The Labute approximate surface area is 155 Å². The van der Waals surface area contributed by atoms with Crippen LogP contribution in [-0.4, -0.2) is 27.3 Å². The van der Waals surface area contributed by atoms with Crippen molar-refractivity contribution in [3.8, 4) is 0 Å². The first-order valence-corrected chi connectivity index (χ1v) is 8.24. The van der Waals surface area contributed by atoms with E-state index in [-0.39, 0.29) is 11.8 Å². The molecule has 0 radical (unpaired) electrons. The lowest BCUT2D eigenvalue weighted by molar-refractivity contribution is 0.0952. The number of hydrogen-bond donors (Lipinski definition) is 2. The fourth-order valence-electron chi connectivity index (χ4n) is 2.47. The van der Waals surface area contributed by atoms with E-state index in [0.717, 1.165) is 5.56 Å². The van der Waals surface area contributed by atoms with Crippen LogP contribution in [0.4, 0.5) is 5.69 Å². The van der Waals surface area contributed by atoms with Crippen molar-refractivity contribution in [2.75, 3.05) is 5.32 Å². The molecule has 0 aliphatic carbocycles. The van der Waals surface area contributed by atoms with Crippen molar-refractivity contribution in [2.24, 2.45) is 12.1 Å². The van der Waals surface area contributed by atoms with E-state index >= 15 is 0 Å². The second-order valence-electron chi connectivity index (χ2n) is 5.90. The summed E-state index contributed by atoms with van der Waals surface area (Å²) < 4.78 is 6.61. The molecule has 1 aromatic carbocycles. The van der Waals surface area contributed by atoms with Gasteiger partial charge in [-0.3, -0.25) is 14.3 Å². The molecule has 0 unspecified atom stereocenters. The van der Waals surface area contributed by atoms with Gasteiger partial charge in [-0.2, -0.15) is 10.2 Å². The maximum Gasteiger partial charge on any atom is 0.274 e. The fourth-order valence-corrected chi connectivity index (χ4v) is 2.47. The van der Waals surface area contributed by atoms with Crippen molar-refractivity contribution in [1.29, 1.82) is 0 Å². The number of amides is 2. The molecule has 2 aromatic heterocycles. The van der Waals surface area contributed by atoms with Crippen molar-refractivity contribution >= 4 is 23.2 Å². The number of hydrazone groups is 1. The highest BCUT2D eigenvalue weighted by Gasteiger charge is 2.11. The van der Waals surface area contributed by atoms with Gasteiger partial charge in [0, 0.05) is 18.9 Å². The Bertz CT molecular complexity index is 999. The van der Waals surface area contributed by atoms with Crippen LogP contribution in [0, 0.1) is 6.92 Å². The molecule has 8 nitrogen and oxygen atoms in total. The summed E-state index contributed by atoms with van der Waals surface area (Å²) in [7, 11) is 1.71. The number of anilines is 1. The van der Waals surface area contributed by atoms with Gasteiger partial charge in [-0.1, -0.05) is 12.1 Å². The predicted molar refractivity (Wildman–Crippen MR) is 101 cm³/mol. The third kappa shape index (κ3) is 4.12. The molecule has 0 aliphatic rings. The summed E-state index contributed by atoms with van der Waals surface area (Å²) in [6.07, 6.45) is 3.02. The molecule has 0 saturated heterocycles. The SMILES string of the molecule is C/C(=N\NC(=O)c1ccoc1C)c1ccc(NC(=O)c2ccnn2C)cc1. The lowest BCUT2D eigenvalue weighted by Gasteiger charge is -2.07. The van der Waals surface area contributed by atoms with Crippen LogP contribution in [0.15, 0.2) is 58.4 Å². The predicted octanol–water partition coefficient (Wildman–Crippen LogP) is 2.73. The van der Waals surface area contributed by atoms with Crippen molar-refractivity contribution < 1.29 is 14.0 Å². The lowest BCUT2D eigenvalue weighted by Crippen LogP contribution is -2.19. The number of rotatable bonds is 5. The van der Waals surface area contributed by atoms with E-state index in [4.69, 9.17) is 4.42 Å². The standard InChI is InChI=1S/C19H19N5O3/c1-12(22-23-18(25)16-9-11-27-13(16)2)14-4-6-15(7-5-14)21-19(26)17-8-10-20-24(17)3/h4-11H,1-3H3,(H,21,26)(H,23,25)/b22-12+. The van der Waals surface area contributed by atoms with Gasteiger partial charge in [-0.15, -0.1) is 0 Å². The smallest absolute Gasteiger partial charge is 0.274 e. The van der Waals surface area contributed by atoms with Gasteiger partial charge in [-0.05, 0) is 43.7 Å². The van der Waals surface area contributed by atoms with Gasteiger partial charge in [0.2, 0.25) is 0 Å². The third-order valence-electron chi connectivity index (χ3n) is 4.04. The van der Waals surface area contributed by atoms with E-state index in [2.05, 4.69) is 20.9 Å². The Kier molecular flexibility index (Phi) is 5.16. The van der Waals surface area contributed by atoms with Crippen LogP contribution < -0.4 is 10.7 Å². The molecule has 27 heavy (non-hydrogen) atoms. The van der Waals surface area contributed by atoms with Crippen molar-refractivity contribution in [2.45, 2.75) is 13.8 Å². The van der Waals surface area contributed by atoms with Crippen LogP contribution in [0.1, 0.15) is 39.1 Å². The maximum atomic E-state index is 12.2. The van der Waals surface area contributed by atoms with Crippen LogP contribution >= 0.6 is 0 Å². The number of nitrogens with one attached hydrogen (secondary N) is 2. The molecule has 8 heteroatoms. The normalized spacial score (nSPS) is 11.3. The lowest BCUT2D eigenvalue weighted by atomic mass is 10.1. The van der Waals surface area contributed by atoms with Crippen LogP contribution in [0.25, 0.3) is 0 Å².